The minimum absolute atomic E-state index is 0.637. The molecule has 3 aromatic heterocycles. The van der Waals surface area contributed by atoms with Crippen LogP contribution >= 0.6 is 0 Å². The Morgan fingerprint density at radius 1 is 0.321 bits per heavy atom. The molecule has 0 amide bonds. The topological polar surface area (TPSA) is 48.5 Å². The molecule has 262 valence electrons. The molecule has 0 aliphatic rings. The van der Waals surface area contributed by atoms with Crippen LogP contribution in [0.25, 0.3) is 100 Å². The lowest BCUT2D eigenvalue weighted by Gasteiger charge is -2.12. The summed E-state index contributed by atoms with van der Waals surface area (Å²) in [6.45, 7) is 0. The number of nitrogens with zero attached hydrogens (tertiary/aromatic N) is 5. The van der Waals surface area contributed by atoms with Gasteiger partial charge in [0.1, 0.15) is 0 Å². The van der Waals surface area contributed by atoms with E-state index in [1.807, 2.05) is 60.7 Å². The van der Waals surface area contributed by atoms with Gasteiger partial charge in [0.05, 0.1) is 16.6 Å². The van der Waals surface area contributed by atoms with E-state index in [-0.39, 0.29) is 0 Å². The van der Waals surface area contributed by atoms with E-state index < -0.39 is 0 Å². The quantitative estimate of drug-likeness (QED) is 0.172. The summed E-state index contributed by atoms with van der Waals surface area (Å²) >= 11 is 0. The highest BCUT2D eigenvalue weighted by atomic mass is 15.0. The van der Waals surface area contributed by atoms with Gasteiger partial charge < -0.3 is 9.13 Å². The molecular weight excluding hydrogens is 683 g/mol. The largest absolute Gasteiger partial charge is 0.317 e. The van der Waals surface area contributed by atoms with Crippen LogP contribution in [0.4, 0.5) is 0 Å². The molecule has 0 spiro atoms. The number of fused-ring (bicyclic) bond motifs is 6. The minimum Gasteiger partial charge on any atom is -0.317 e. The molecule has 0 aliphatic carbocycles. The highest BCUT2D eigenvalue weighted by molar-refractivity contribution is 6.20. The van der Waals surface area contributed by atoms with Crippen molar-refractivity contribution in [2.45, 2.75) is 0 Å². The Balaban J connectivity index is 1.03. The molecule has 0 aliphatic heterocycles. The monoisotopic (exact) mass is 715 g/mol. The zero-order chi connectivity index (χ0) is 37.0. The second kappa shape index (κ2) is 13.0. The van der Waals surface area contributed by atoms with E-state index in [0.29, 0.717) is 17.5 Å². The van der Waals surface area contributed by atoms with Crippen molar-refractivity contribution in [3.05, 3.63) is 200 Å². The Hall–Kier alpha value is -7.63. The summed E-state index contributed by atoms with van der Waals surface area (Å²) in [5.74, 6) is 1.93. The summed E-state index contributed by atoms with van der Waals surface area (Å²) in [6.07, 6.45) is 2.18. The van der Waals surface area contributed by atoms with Gasteiger partial charge in [-0.15, -0.1) is 0 Å². The number of rotatable bonds is 6. The number of hydrogen-bond acceptors (Lipinski definition) is 3. The smallest absolute Gasteiger partial charge is 0.164 e. The predicted octanol–water partition coefficient (Wildman–Crippen LogP) is 12.7. The molecule has 11 rings (SSSR count). The first-order chi connectivity index (χ1) is 27.7. The molecular formula is C51H33N5. The van der Waals surface area contributed by atoms with Crippen LogP contribution in [0.1, 0.15) is 0 Å². The average molecular weight is 716 g/mol. The third-order valence-corrected chi connectivity index (χ3v) is 10.8. The Bertz CT molecular complexity index is 3180. The molecule has 0 unspecified atom stereocenters. The zero-order valence-corrected chi connectivity index (χ0v) is 30.3. The van der Waals surface area contributed by atoms with Crippen LogP contribution in [-0.4, -0.2) is 24.1 Å². The molecule has 0 radical (unpaired) electrons. The Morgan fingerprint density at radius 3 is 1.62 bits per heavy atom. The molecule has 0 N–H and O–H groups in total. The maximum atomic E-state index is 4.98. The number of para-hydroxylation sites is 2. The maximum Gasteiger partial charge on any atom is 0.164 e. The minimum atomic E-state index is 0.637. The van der Waals surface area contributed by atoms with Crippen LogP contribution in [0.5, 0.6) is 0 Å². The molecule has 5 heteroatoms. The van der Waals surface area contributed by atoms with Crippen molar-refractivity contribution >= 4 is 43.5 Å². The molecule has 0 fully saturated rings. The second-order valence-electron chi connectivity index (χ2n) is 14.1. The molecule has 0 atom stereocenters. The fourth-order valence-corrected chi connectivity index (χ4v) is 8.10. The van der Waals surface area contributed by atoms with E-state index in [2.05, 4.69) is 149 Å². The fraction of sp³-hybridized carbons (Fsp3) is 0. The van der Waals surface area contributed by atoms with Crippen LogP contribution in [0.2, 0.25) is 0 Å². The van der Waals surface area contributed by atoms with Gasteiger partial charge in [-0.3, -0.25) is 0 Å². The first-order valence-electron chi connectivity index (χ1n) is 18.9. The lowest BCUT2D eigenvalue weighted by Crippen LogP contribution is -2.00. The summed E-state index contributed by atoms with van der Waals surface area (Å²) in [5, 5.41) is 6.15. The molecule has 56 heavy (non-hydrogen) atoms. The van der Waals surface area contributed by atoms with Crippen LogP contribution in [0, 0.1) is 0 Å². The normalized spacial score (nSPS) is 11.6. The van der Waals surface area contributed by atoms with Gasteiger partial charge in [0.15, 0.2) is 17.5 Å². The third-order valence-electron chi connectivity index (χ3n) is 10.8. The molecule has 0 saturated carbocycles. The Labute approximate surface area is 323 Å². The fourth-order valence-electron chi connectivity index (χ4n) is 8.10. The van der Waals surface area contributed by atoms with Gasteiger partial charge in [-0.25, -0.2) is 15.0 Å². The van der Waals surface area contributed by atoms with E-state index in [1.165, 1.54) is 38.0 Å². The van der Waals surface area contributed by atoms with Gasteiger partial charge in [-0.2, -0.15) is 0 Å². The number of aromatic nitrogens is 5. The van der Waals surface area contributed by atoms with Crippen molar-refractivity contribution in [1.29, 1.82) is 0 Å². The number of benzene rings is 8. The molecule has 0 saturated heterocycles. The lowest BCUT2D eigenvalue weighted by atomic mass is 10.0. The van der Waals surface area contributed by atoms with Crippen LogP contribution in [0.3, 0.4) is 0 Å². The summed E-state index contributed by atoms with van der Waals surface area (Å²) in [7, 11) is 0. The van der Waals surface area contributed by atoms with Crippen molar-refractivity contribution in [2.24, 2.45) is 0 Å². The molecule has 0 bridgehead atoms. The van der Waals surface area contributed by atoms with E-state index >= 15 is 0 Å². The molecule has 5 nitrogen and oxygen atoms in total. The van der Waals surface area contributed by atoms with E-state index in [9.17, 15) is 0 Å². The molecule has 11 aromatic rings. The van der Waals surface area contributed by atoms with Crippen molar-refractivity contribution in [1.82, 2.24) is 24.1 Å². The zero-order valence-electron chi connectivity index (χ0n) is 30.3. The maximum absolute atomic E-state index is 4.98. The van der Waals surface area contributed by atoms with E-state index in [0.717, 1.165) is 44.7 Å². The van der Waals surface area contributed by atoms with Crippen molar-refractivity contribution in [3.8, 4) is 56.7 Å². The van der Waals surface area contributed by atoms with Gasteiger partial charge in [0.25, 0.3) is 0 Å². The second-order valence-corrected chi connectivity index (χ2v) is 14.1. The van der Waals surface area contributed by atoms with Gasteiger partial charge in [0.2, 0.25) is 0 Å². The highest BCUT2D eigenvalue weighted by Crippen LogP contribution is 2.39. The summed E-state index contributed by atoms with van der Waals surface area (Å²) < 4.78 is 4.72. The first-order valence-corrected chi connectivity index (χ1v) is 18.9. The first kappa shape index (κ1) is 31.9. The lowest BCUT2D eigenvalue weighted by molar-refractivity contribution is 1.07. The highest BCUT2D eigenvalue weighted by Gasteiger charge is 2.17. The SMILES string of the molecule is c1ccc(-c2nc(-c3ccccc3)nc(-c3cccc(-c4cccc(-n5ccc6cc7ccc8c9ccccc9n(-c9ccccc9)c8c7cc65)c4)c3)n2)cc1. The summed E-state index contributed by atoms with van der Waals surface area (Å²) in [4.78, 5) is 14.9. The Morgan fingerprint density at radius 2 is 0.893 bits per heavy atom. The van der Waals surface area contributed by atoms with E-state index in [1.54, 1.807) is 0 Å². The van der Waals surface area contributed by atoms with Crippen LogP contribution in [0.15, 0.2) is 200 Å². The Kier molecular flexibility index (Phi) is 7.42. The van der Waals surface area contributed by atoms with Crippen LogP contribution in [-0.2, 0) is 0 Å². The van der Waals surface area contributed by atoms with E-state index in [4.69, 9.17) is 15.0 Å². The van der Waals surface area contributed by atoms with Crippen molar-refractivity contribution in [3.63, 3.8) is 0 Å². The molecule has 3 heterocycles. The van der Waals surface area contributed by atoms with Gasteiger partial charge in [-0.1, -0.05) is 140 Å². The van der Waals surface area contributed by atoms with Crippen molar-refractivity contribution < 1.29 is 0 Å². The standard InChI is InChI=1S/C51H33N5/c1-4-14-34(15-5-1)49-52-50(35-16-6-2-7-17-35)54-51(53-49)40-20-12-18-36(30-40)37-19-13-23-42(32-37)55-29-28-39-31-38-26-27-44-43-24-10-11-25-46(43)56(41-21-8-3-9-22-41)48(44)45(38)33-47(39)55/h1-33H. The summed E-state index contributed by atoms with van der Waals surface area (Å²) in [5.41, 5.74) is 10.9. The van der Waals surface area contributed by atoms with Gasteiger partial charge in [-0.05, 0) is 71.1 Å². The molecule has 8 aromatic carbocycles. The predicted molar refractivity (Wildman–Crippen MR) is 230 cm³/mol. The third kappa shape index (κ3) is 5.37. The van der Waals surface area contributed by atoms with Gasteiger partial charge in [0, 0.05) is 55.8 Å². The van der Waals surface area contributed by atoms with Crippen LogP contribution < -0.4 is 0 Å². The van der Waals surface area contributed by atoms with Gasteiger partial charge >= 0.3 is 0 Å². The summed E-state index contributed by atoms with van der Waals surface area (Å²) in [6, 6.07) is 68.3. The number of hydrogen-bond donors (Lipinski definition) is 0. The van der Waals surface area contributed by atoms with Crippen molar-refractivity contribution in [2.75, 3.05) is 0 Å². The average Bonchev–Trinajstić information content (AvgIpc) is 3.85.